The average molecular weight is 572 g/mol. The van der Waals surface area contributed by atoms with Gasteiger partial charge in [0, 0.05) is 38.1 Å². The maximum atomic E-state index is 15.0. The highest BCUT2D eigenvalue weighted by Crippen LogP contribution is 2.46. The Hall–Kier alpha value is -3.86. The van der Waals surface area contributed by atoms with Gasteiger partial charge in [-0.15, -0.1) is 0 Å². The number of anilines is 1. The fraction of sp³-hybridized carbons (Fsp3) is 0.429. The van der Waals surface area contributed by atoms with Crippen molar-refractivity contribution in [2.45, 2.75) is 38.3 Å². The third-order valence-corrected chi connectivity index (χ3v) is 8.26. The van der Waals surface area contributed by atoms with Gasteiger partial charge in [0.2, 0.25) is 11.8 Å². The molecule has 0 bridgehead atoms. The number of carbonyl (C=O) groups excluding carboxylic acids is 3. The first-order valence-electron chi connectivity index (χ1n) is 13.1. The molecule has 3 amide bonds. The number of benzene rings is 1. The summed E-state index contributed by atoms with van der Waals surface area (Å²) in [7, 11) is 0. The van der Waals surface area contributed by atoms with Gasteiger partial charge in [0.1, 0.15) is 40.3 Å². The SMILES string of the molecule is C=CC(=O)N1CCN2C(=O)c3c(NC(C)(C)C4CCC(=O)NC4)nc(-c4c(O)cccc4F)c(Cl)c3OC[C@H]2C1. The molecular formula is C28H31ClFN5O5. The highest BCUT2D eigenvalue weighted by Gasteiger charge is 2.42. The molecule has 2 fully saturated rings. The molecule has 0 saturated carbocycles. The zero-order valence-electron chi connectivity index (χ0n) is 22.3. The summed E-state index contributed by atoms with van der Waals surface area (Å²) in [4.78, 5) is 46.0. The van der Waals surface area contributed by atoms with E-state index in [4.69, 9.17) is 16.3 Å². The van der Waals surface area contributed by atoms with Gasteiger partial charge >= 0.3 is 0 Å². The van der Waals surface area contributed by atoms with Gasteiger partial charge in [-0.3, -0.25) is 14.4 Å². The number of phenols is 1. The molecule has 12 heteroatoms. The second-order valence-electron chi connectivity index (χ2n) is 10.8. The Morgan fingerprint density at radius 1 is 1.32 bits per heavy atom. The van der Waals surface area contributed by atoms with E-state index in [0.717, 1.165) is 0 Å². The summed E-state index contributed by atoms with van der Waals surface area (Å²) in [6.07, 6.45) is 2.22. The lowest BCUT2D eigenvalue weighted by Gasteiger charge is -2.40. The minimum Gasteiger partial charge on any atom is -0.507 e. The van der Waals surface area contributed by atoms with Crippen molar-refractivity contribution in [2.75, 3.05) is 38.1 Å². The number of pyridine rings is 1. The zero-order valence-corrected chi connectivity index (χ0v) is 23.1. The van der Waals surface area contributed by atoms with Crippen LogP contribution in [0, 0.1) is 11.7 Å². The van der Waals surface area contributed by atoms with Crippen LogP contribution in [0.3, 0.4) is 0 Å². The molecule has 10 nitrogen and oxygen atoms in total. The fourth-order valence-electron chi connectivity index (χ4n) is 5.55. The number of carbonyl (C=O) groups is 3. The average Bonchev–Trinajstić information content (AvgIpc) is 3.07. The number of piperidine rings is 1. The van der Waals surface area contributed by atoms with Crippen LogP contribution in [0.15, 0.2) is 30.9 Å². The molecule has 0 radical (unpaired) electrons. The Labute approximate surface area is 236 Å². The van der Waals surface area contributed by atoms with Gasteiger partial charge in [0.05, 0.1) is 11.6 Å². The van der Waals surface area contributed by atoms with E-state index in [-0.39, 0.29) is 76.6 Å². The zero-order chi connectivity index (χ0) is 28.8. The number of nitrogens with one attached hydrogen (secondary N) is 2. The van der Waals surface area contributed by atoms with Crippen molar-refractivity contribution in [1.82, 2.24) is 20.1 Å². The van der Waals surface area contributed by atoms with E-state index in [1.807, 2.05) is 13.8 Å². The number of halogens is 2. The van der Waals surface area contributed by atoms with Gasteiger partial charge in [-0.1, -0.05) is 24.2 Å². The fourth-order valence-corrected chi connectivity index (χ4v) is 5.84. The molecule has 1 aromatic carbocycles. The van der Waals surface area contributed by atoms with Crippen molar-refractivity contribution in [2.24, 2.45) is 5.92 Å². The van der Waals surface area contributed by atoms with E-state index in [2.05, 4.69) is 22.2 Å². The molecule has 3 aliphatic rings. The molecule has 3 aliphatic heterocycles. The first-order chi connectivity index (χ1) is 19.0. The number of amides is 3. The molecule has 0 aliphatic carbocycles. The maximum absolute atomic E-state index is 15.0. The number of hydrogen-bond donors (Lipinski definition) is 3. The summed E-state index contributed by atoms with van der Waals surface area (Å²) in [5, 5.41) is 16.7. The number of fused-ring (bicyclic) bond motifs is 2. The lowest BCUT2D eigenvalue weighted by Crippen LogP contribution is -2.57. The normalized spacial score (nSPS) is 21.0. The summed E-state index contributed by atoms with van der Waals surface area (Å²) < 4.78 is 21.2. The predicted octanol–water partition coefficient (Wildman–Crippen LogP) is 3.19. The molecule has 2 aromatic rings. The number of aromatic hydroxyl groups is 1. The Morgan fingerprint density at radius 2 is 2.10 bits per heavy atom. The quantitative estimate of drug-likeness (QED) is 0.471. The molecule has 1 aromatic heterocycles. The second-order valence-corrected chi connectivity index (χ2v) is 11.2. The van der Waals surface area contributed by atoms with Crippen molar-refractivity contribution in [3.8, 4) is 22.8 Å². The van der Waals surface area contributed by atoms with E-state index in [1.54, 1.807) is 9.80 Å². The molecule has 2 atom stereocenters. The molecule has 1 unspecified atom stereocenters. The summed E-state index contributed by atoms with van der Waals surface area (Å²) in [5.74, 6) is -1.64. The largest absolute Gasteiger partial charge is 0.507 e. The van der Waals surface area contributed by atoms with Crippen LogP contribution in [-0.4, -0.2) is 82.0 Å². The molecule has 3 N–H and O–H groups in total. The highest BCUT2D eigenvalue weighted by atomic mass is 35.5. The third kappa shape index (κ3) is 4.94. The lowest BCUT2D eigenvalue weighted by molar-refractivity contribution is -0.128. The first-order valence-corrected chi connectivity index (χ1v) is 13.5. The smallest absolute Gasteiger partial charge is 0.261 e. The van der Waals surface area contributed by atoms with Crippen LogP contribution < -0.4 is 15.4 Å². The van der Waals surface area contributed by atoms with E-state index < -0.39 is 23.3 Å². The second kappa shape index (κ2) is 10.6. The van der Waals surface area contributed by atoms with Crippen LogP contribution in [0.25, 0.3) is 11.3 Å². The maximum Gasteiger partial charge on any atom is 0.261 e. The van der Waals surface area contributed by atoms with Crippen molar-refractivity contribution < 1.29 is 28.6 Å². The van der Waals surface area contributed by atoms with Crippen molar-refractivity contribution in [3.05, 3.63) is 47.3 Å². The molecule has 0 spiro atoms. The van der Waals surface area contributed by atoms with Crippen LogP contribution >= 0.6 is 11.6 Å². The number of aromatic nitrogens is 1. The number of phenolic OH excluding ortho intramolecular Hbond substituents is 1. The summed E-state index contributed by atoms with van der Waals surface area (Å²) in [6.45, 7) is 8.70. The Bertz CT molecular complexity index is 1370. The van der Waals surface area contributed by atoms with E-state index in [9.17, 15) is 19.5 Å². The molecular weight excluding hydrogens is 541 g/mol. The van der Waals surface area contributed by atoms with E-state index in [0.29, 0.717) is 25.9 Å². The van der Waals surface area contributed by atoms with Crippen molar-refractivity contribution >= 4 is 35.1 Å². The monoisotopic (exact) mass is 571 g/mol. The van der Waals surface area contributed by atoms with Gasteiger partial charge in [0.25, 0.3) is 5.91 Å². The molecule has 212 valence electrons. The van der Waals surface area contributed by atoms with Gasteiger partial charge in [-0.2, -0.15) is 0 Å². The molecule has 5 rings (SSSR count). The highest BCUT2D eigenvalue weighted by molar-refractivity contribution is 6.35. The van der Waals surface area contributed by atoms with Crippen LogP contribution in [-0.2, 0) is 9.59 Å². The molecule has 4 heterocycles. The van der Waals surface area contributed by atoms with Gasteiger partial charge in [-0.05, 0) is 44.4 Å². The Balaban J connectivity index is 1.62. The van der Waals surface area contributed by atoms with Crippen LogP contribution in [0.1, 0.15) is 37.0 Å². The molecule has 40 heavy (non-hydrogen) atoms. The summed E-state index contributed by atoms with van der Waals surface area (Å²) in [5.41, 5.74) is -0.884. The standard InChI is InChI=1S/C28H31ClFN5O5/c1-4-20(38)34-10-11-35-16(13-34)14-40-25-22(27(35)39)26(33-28(2,3)15-8-9-19(37)31-12-15)32-24(23(25)29)21-17(30)6-5-7-18(21)36/h4-7,15-16,36H,1,8-14H2,2-3H3,(H,31,37)(H,32,33)/t15?,16-/m1/s1. The van der Waals surface area contributed by atoms with Crippen LogP contribution in [0.2, 0.25) is 5.02 Å². The Kier molecular flexibility index (Phi) is 7.34. The van der Waals surface area contributed by atoms with Gasteiger partial charge < -0.3 is 30.3 Å². The van der Waals surface area contributed by atoms with Crippen LogP contribution in [0.4, 0.5) is 10.2 Å². The summed E-state index contributed by atoms with van der Waals surface area (Å²) >= 11 is 6.76. The number of rotatable bonds is 5. The predicted molar refractivity (Wildman–Crippen MR) is 147 cm³/mol. The minimum absolute atomic E-state index is 0.00773. The van der Waals surface area contributed by atoms with Crippen molar-refractivity contribution in [3.63, 3.8) is 0 Å². The van der Waals surface area contributed by atoms with Crippen molar-refractivity contribution in [1.29, 1.82) is 0 Å². The minimum atomic E-state index is -0.745. The summed E-state index contributed by atoms with van der Waals surface area (Å²) in [6, 6.07) is 3.40. The topological polar surface area (TPSA) is 124 Å². The molecule has 2 saturated heterocycles. The first kappa shape index (κ1) is 27.7. The lowest BCUT2D eigenvalue weighted by atomic mass is 9.81. The third-order valence-electron chi connectivity index (χ3n) is 7.91. The van der Waals surface area contributed by atoms with Crippen LogP contribution in [0.5, 0.6) is 11.5 Å². The number of piperazine rings is 1. The van der Waals surface area contributed by atoms with Gasteiger partial charge in [0.15, 0.2) is 5.75 Å². The van der Waals surface area contributed by atoms with Gasteiger partial charge in [-0.25, -0.2) is 9.37 Å². The number of ether oxygens (including phenoxy) is 1. The number of hydrogen-bond acceptors (Lipinski definition) is 7. The van der Waals surface area contributed by atoms with E-state index in [1.165, 1.54) is 24.3 Å². The van der Waals surface area contributed by atoms with E-state index >= 15 is 4.39 Å². The Morgan fingerprint density at radius 3 is 2.77 bits per heavy atom. The number of nitrogens with zero attached hydrogens (tertiary/aromatic N) is 3.